The smallest absolute Gasteiger partial charge is 0.271 e. The number of benzene rings is 1. The Morgan fingerprint density at radius 3 is 2.76 bits per heavy atom. The molecule has 1 aliphatic carbocycles. The van der Waals surface area contributed by atoms with Crippen molar-refractivity contribution in [3.63, 3.8) is 0 Å². The van der Waals surface area contributed by atoms with Crippen LogP contribution in [0.5, 0.6) is 5.75 Å². The number of amides is 1. The molecule has 0 aliphatic heterocycles. The fourth-order valence-electron chi connectivity index (χ4n) is 3.32. The van der Waals surface area contributed by atoms with Gasteiger partial charge in [0, 0.05) is 4.88 Å². The maximum Gasteiger partial charge on any atom is 0.271 e. The Morgan fingerprint density at radius 2 is 2.14 bits per heavy atom. The highest BCUT2D eigenvalue weighted by Crippen LogP contribution is 2.39. The number of carbonyl (C=O) groups is 1. The van der Waals surface area contributed by atoms with E-state index >= 15 is 0 Å². The van der Waals surface area contributed by atoms with Crippen LogP contribution in [0.4, 0.5) is 0 Å². The van der Waals surface area contributed by atoms with Gasteiger partial charge in [-0.25, -0.2) is 4.98 Å². The van der Waals surface area contributed by atoms with Crippen molar-refractivity contribution in [2.45, 2.75) is 31.8 Å². The lowest BCUT2D eigenvalue weighted by Crippen LogP contribution is -2.48. The average Bonchev–Trinajstić information content (AvgIpc) is 3.50. The Balaban J connectivity index is 1.58. The van der Waals surface area contributed by atoms with Gasteiger partial charge in [-0.05, 0) is 61.6 Å². The summed E-state index contributed by atoms with van der Waals surface area (Å²) >= 11 is 1.34. The lowest BCUT2D eigenvalue weighted by atomic mass is 9.98. The van der Waals surface area contributed by atoms with E-state index in [1.165, 1.54) is 22.2 Å². The molecule has 1 aliphatic rings. The summed E-state index contributed by atoms with van der Waals surface area (Å²) in [4.78, 5) is 30.6. The number of nitrogens with zero attached hydrogens (tertiary/aromatic N) is 3. The first-order valence-corrected chi connectivity index (χ1v) is 10.1. The third-order valence-electron chi connectivity index (χ3n) is 5.22. The Kier molecular flexibility index (Phi) is 4.84. The van der Waals surface area contributed by atoms with E-state index in [0.29, 0.717) is 10.2 Å². The normalized spacial score (nSPS) is 15.5. The second-order valence-corrected chi connectivity index (χ2v) is 8.42. The summed E-state index contributed by atoms with van der Waals surface area (Å²) in [6.45, 7) is 1.56. The van der Waals surface area contributed by atoms with Crippen molar-refractivity contribution in [2.24, 2.45) is 5.92 Å². The number of carbonyl (C=O) groups excluding carboxylic acids is 1. The summed E-state index contributed by atoms with van der Waals surface area (Å²) in [6, 6.07) is 11.6. The highest BCUT2D eigenvalue weighted by Gasteiger charge is 2.43. The van der Waals surface area contributed by atoms with Gasteiger partial charge in [-0.2, -0.15) is 5.26 Å². The van der Waals surface area contributed by atoms with Crippen molar-refractivity contribution in [3.8, 4) is 22.3 Å². The van der Waals surface area contributed by atoms with Crippen LogP contribution >= 0.6 is 11.3 Å². The van der Waals surface area contributed by atoms with Crippen LogP contribution in [0.25, 0.3) is 20.7 Å². The van der Waals surface area contributed by atoms with E-state index in [-0.39, 0.29) is 23.9 Å². The third kappa shape index (κ3) is 3.74. The predicted octanol–water partition coefficient (Wildman–Crippen LogP) is 2.94. The molecule has 4 rings (SSSR count). The molecular weight excluding hydrogens is 388 g/mol. The summed E-state index contributed by atoms with van der Waals surface area (Å²) in [7, 11) is 1.61. The van der Waals surface area contributed by atoms with E-state index in [0.717, 1.165) is 29.0 Å². The van der Waals surface area contributed by atoms with Gasteiger partial charge in [0.25, 0.3) is 5.56 Å². The zero-order valence-electron chi connectivity index (χ0n) is 16.1. The third-order valence-corrected chi connectivity index (χ3v) is 6.38. The van der Waals surface area contributed by atoms with Crippen LogP contribution in [0, 0.1) is 17.2 Å². The van der Waals surface area contributed by atoms with Gasteiger partial charge in [-0.1, -0.05) is 0 Å². The maximum absolute atomic E-state index is 12.9. The van der Waals surface area contributed by atoms with Crippen LogP contribution in [0.3, 0.4) is 0 Å². The van der Waals surface area contributed by atoms with Gasteiger partial charge in [0.05, 0.1) is 25.0 Å². The van der Waals surface area contributed by atoms with Gasteiger partial charge in [0.2, 0.25) is 5.91 Å². The number of nitriles is 1. The first-order chi connectivity index (χ1) is 13.9. The first kappa shape index (κ1) is 19.2. The van der Waals surface area contributed by atoms with E-state index < -0.39 is 5.54 Å². The molecule has 7 nitrogen and oxygen atoms in total. The molecule has 0 saturated heterocycles. The Morgan fingerprint density at radius 1 is 1.41 bits per heavy atom. The van der Waals surface area contributed by atoms with Crippen molar-refractivity contribution < 1.29 is 9.53 Å². The molecule has 2 aromatic heterocycles. The molecule has 1 aromatic carbocycles. The molecule has 0 bridgehead atoms. The van der Waals surface area contributed by atoms with Crippen molar-refractivity contribution in [1.29, 1.82) is 5.26 Å². The van der Waals surface area contributed by atoms with Gasteiger partial charge in [-0.15, -0.1) is 11.3 Å². The molecule has 8 heteroatoms. The Labute approximate surface area is 171 Å². The standard InChI is InChI=1S/C21H20N4O3S/c1-21(11-22,14-5-6-14)24-18(26)10-25-12-23-16-9-17(29-19(16)20(25)27)13-3-7-15(28-2)8-4-13/h3-4,7-9,12,14H,5-6,10H2,1-2H3,(H,24,26)/t21-/m1/s1. The summed E-state index contributed by atoms with van der Waals surface area (Å²) in [5, 5.41) is 12.2. The molecule has 0 radical (unpaired) electrons. The number of hydrogen-bond acceptors (Lipinski definition) is 6. The average molecular weight is 408 g/mol. The Hall–Kier alpha value is -3.18. The van der Waals surface area contributed by atoms with E-state index in [1.807, 2.05) is 30.3 Å². The van der Waals surface area contributed by atoms with Crippen molar-refractivity contribution >= 4 is 27.5 Å². The molecule has 29 heavy (non-hydrogen) atoms. The van der Waals surface area contributed by atoms with E-state index in [4.69, 9.17) is 4.74 Å². The molecule has 1 amide bonds. The predicted molar refractivity (Wildman–Crippen MR) is 111 cm³/mol. The van der Waals surface area contributed by atoms with Gasteiger partial charge in [0.15, 0.2) is 0 Å². The fourth-order valence-corrected chi connectivity index (χ4v) is 4.39. The molecule has 1 atom stereocenters. The van der Waals surface area contributed by atoms with Gasteiger partial charge in [-0.3, -0.25) is 14.2 Å². The Bertz CT molecular complexity index is 1170. The summed E-state index contributed by atoms with van der Waals surface area (Å²) in [5.41, 5.74) is 0.414. The lowest BCUT2D eigenvalue weighted by molar-refractivity contribution is -0.123. The number of methoxy groups -OCH3 is 1. The summed E-state index contributed by atoms with van der Waals surface area (Å²) in [6.07, 6.45) is 3.25. The molecule has 2 heterocycles. The van der Waals surface area contributed by atoms with Crippen LogP contribution in [-0.4, -0.2) is 28.1 Å². The molecule has 1 saturated carbocycles. The summed E-state index contributed by atoms with van der Waals surface area (Å²) in [5.74, 6) is 0.575. The number of hydrogen-bond donors (Lipinski definition) is 1. The van der Waals surface area contributed by atoms with E-state index in [9.17, 15) is 14.9 Å². The topological polar surface area (TPSA) is 97.0 Å². The number of aromatic nitrogens is 2. The van der Waals surface area contributed by atoms with Crippen LogP contribution in [0.15, 0.2) is 41.5 Å². The number of thiophene rings is 1. The molecule has 148 valence electrons. The molecular formula is C21H20N4O3S. The van der Waals surface area contributed by atoms with Crippen molar-refractivity contribution in [1.82, 2.24) is 14.9 Å². The minimum absolute atomic E-state index is 0.165. The lowest BCUT2D eigenvalue weighted by Gasteiger charge is -2.22. The minimum atomic E-state index is -0.886. The first-order valence-electron chi connectivity index (χ1n) is 9.29. The highest BCUT2D eigenvalue weighted by atomic mass is 32.1. The number of rotatable bonds is 6. The highest BCUT2D eigenvalue weighted by molar-refractivity contribution is 7.22. The second kappa shape index (κ2) is 7.33. The maximum atomic E-state index is 12.9. The van der Waals surface area contributed by atoms with Crippen LogP contribution < -0.4 is 15.6 Å². The van der Waals surface area contributed by atoms with Crippen LogP contribution in [-0.2, 0) is 11.3 Å². The molecule has 0 spiro atoms. The van der Waals surface area contributed by atoms with E-state index in [2.05, 4.69) is 16.4 Å². The van der Waals surface area contributed by atoms with Gasteiger partial charge < -0.3 is 10.1 Å². The van der Waals surface area contributed by atoms with Gasteiger partial charge >= 0.3 is 0 Å². The monoisotopic (exact) mass is 408 g/mol. The quantitative estimate of drug-likeness (QED) is 0.676. The zero-order valence-corrected chi connectivity index (χ0v) is 17.0. The number of fused-ring (bicyclic) bond motifs is 1. The molecule has 0 unspecified atom stereocenters. The van der Waals surface area contributed by atoms with Gasteiger partial charge in [0.1, 0.15) is 22.5 Å². The van der Waals surface area contributed by atoms with Crippen molar-refractivity contribution in [2.75, 3.05) is 7.11 Å². The molecule has 1 fully saturated rings. The largest absolute Gasteiger partial charge is 0.497 e. The minimum Gasteiger partial charge on any atom is -0.497 e. The number of ether oxygens (including phenoxy) is 1. The SMILES string of the molecule is COc1ccc(-c2cc3ncn(CC(=O)N[C@](C)(C#N)C4CC4)c(=O)c3s2)cc1. The molecule has 3 aromatic rings. The fraction of sp³-hybridized carbons (Fsp3) is 0.333. The second-order valence-electron chi connectivity index (χ2n) is 7.37. The summed E-state index contributed by atoms with van der Waals surface area (Å²) < 4.78 is 6.96. The molecule has 1 N–H and O–H groups in total. The van der Waals surface area contributed by atoms with Crippen molar-refractivity contribution in [3.05, 3.63) is 47.0 Å². The number of nitrogens with one attached hydrogen (secondary N) is 1. The van der Waals surface area contributed by atoms with E-state index in [1.54, 1.807) is 14.0 Å². The zero-order chi connectivity index (χ0) is 20.6. The van der Waals surface area contributed by atoms with Crippen LogP contribution in [0.1, 0.15) is 19.8 Å². The van der Waals surface area contributed by atoms with Crippen LogP contribution in [0.2, 0.25) is 0 Å².